The summed E-state index contributed by atoms with van der Waals surface area (Å²) in [6.07, 6.45) is 0. The fraction of sp³-hybridized carbons (Fsp3) is 0.235. The summed E-state index contributed by atoms with van der Waals surface area (Å²) < 4.78 is 36.2. The number of aryl methyl sites for hydroxylation is 1. The monoisotopic (exact) mass is 364 g/mol. The molecule has 3 rings (SSSR count). The van der Waals surface area contributed by atoms with E-state index in [1.807, 2.05) is 13.8 Å². The molecule has 0 saturated carbocycles. The molecule has 5 nitrogen and oxygen atoms in total. The van der Waals surface area contributed by atoms with Crippen LogP contribution in [0, 0.1) is 6.92 Å². The summed E-state index contributed by atoms with van der Waals surface area (Å²) >= 11 is 0.949. The highest BCUT2D eigenvalue weighted by atomic mass is 32.2. The van der Waals surface area contributed by atoms with Crippen LogP contribution >= 0.6 is 11.3 Å². The number of rotatable bonds is 4. The van der Waals surface area contributed by atoms with Gasteiger partial charge < -0.3 is 8.60 Å². The Labute approximate surface area is 143 Å². The van der Waals surface area contributed by atoms with Gasteiger partial charge in [0.2, 0.25) is 0 Å². The maximum atomic E-state index is 12.5. The van der Waals surface area contributed by atoms with E-state index in [2.05, 4.69) is 0 Å². The first-order chi connectivity index (χ1) is 11.3. The number of fused-ring (bicyclic) bond motifs is 1. The first-order valence-electron chi connectivity index (χ1n) is 7.36. The summed E-state index contributed by atoms with van der Waals surface area (Å²) in [7, 11) is -3.94. The van der Waals surface area contributed by atoms with E-state index in [4.69, 9.17) is 8.60 Å². The lowest BCUT2D eigenvalue weighted by Gasteiger charge is -2.13. The van der Waals surface area contributed by atoms with E-state index in [9.17, 15) is 13.2 Å². The largest absolute Gasteiger partial charge is 0.414 e. The molecule has 0 bridgehead atoms. The molecule has 0 saturated heterocycles. The molecule has 2 aromatic carbocycles. The summed E-state index contributed by atoms with van der Waals surface area (Å²) in [5, 5.41) is 0. The lowest BCUT2D eigenvalue weighted by Crippen LogP contribution is -2.10. The van der Waals surface area contributed by atoms with Crippen LogP contribution in [0.1, 0.15) is 30.9 Å². The second kappa shape index (κ2) is 6.07. The van der Waals surface area contributed by atoms with Gasteiger partial charge in [-0.05, 0) is 31.0 Å². The van der Waals surface area contributed by atoms with Crippen molar-refractivity contribution in [2.45, 2.75) is 31.6 Å². The van der Waals surface area contributed by atoms with Gasteiger partial charge in [-0.15, -0.1) is 0 Å². The Balaban J connectivity index is 2.17. The second-order valence-electron chi connectivity index (χ2n) is 5.71. The van der Waals surface area contributed by atoms with Gasteiger partial charge in [0, 0.05) is 11.1 Å². The van der Waals surface area contributed by atoms with Crippen molar-refractivity contribution in [3.63, 3.8) is 0 Å². The van der Waals surface area contributed by atoms with Crippen molar-refractivity contribution < 1.29 is 17.0 Å². The summed E-state index contributed by atoms with van der Waals surface area (Å²) in [5.41, 5.74) is 1.82. The zero-order valence-corrected chi connectivity index (χ0v) is 15.0. The third-order valence-electron chi connectivity index (χ3n) is 3.69. The van der Waals surface area contributed by atoms with E-state index in [1.54, 1.807) is 31.2 Å². The maximum Gasteiger partial charge on any atom is 0.396 e. The number of hydrogen-bond donors (Lipinski definition) is 0. The van der Waals surface area contributed by atoms with Crippen molar-refractivity contribution in [2.24, 2.45) is 0 Å². The third kappa shape index (κ3) is 2.97. The predicted molar refractivity (Wildman–Crippen MR) is 93.4 cm³/mol. The summed E-state index contributed by atoms with van der Waals surface area (Å²) in [6.45, 7) is 5.60. The minimum absolute atomic E-state index is 0.0487. The van der Waals surface area contributed by atoms with Crippen molar-refractivity contribution in [3.05, 3.63) is 57.3 Å². The van der Waals surface area contributed by atoms with Crippen molar-refractivity contribution in [1.82, 2.24) is 0 Å². The van der Waals surface area contributed by atoms with Crippen molar-refractivity contribution >= 4 is 31.7 Å². The normalized spacial score (nSPS) is 12.0. The Kier molecular flexibility index (Phi) is 4.23. The highest BCUT2D eigenvalue weighted by Crippen LogP contribution is 2.37. The molecule has 7 heteroatoms. The van der Waals surface area contributed by atoms with Crippen LogP contribution < -0.4 is 9.12 Å². The minimum atomic E-state index is -3.94. The molecule has 0 fully saturated rings. The summed E-state index contributed by atoms with van der Waals surface area (Å²) in [4.78, 5) is 11.3. The minimum Gasteiger partial charge on any atom is -0.414 e. The van der Waals surface area contributed by atoms with Crippen LogP contribution in [0.2, 0.25) is 0 Å². The van der Waals surface area contributed by atoms with Gasteiger partial charge in [0.15, 0.2) is 5.58 Å². The van der Waals surface area contributed by atoms with E-state index < -0.39 is 15.1 Å². The van der Waals surface area contributed by atoms with Gasteiger partial charge in [-0.1, -0.05) is 43.4 Å². The molecule has 126 valence electrons. The molecule has 1 aromatic heterocycles. The van der Waals surface area contributed by atoms with E-state index in [1.165, 1.54) is 12.1 Å². The highest BCUT2D eigenvalue weighted by Gasteiger charge is 2.22. The Morgan fingerprint density at radius 1 is 1.17 bits per heavy atom. The van der Waals surface area contributed by atoms with Crippen molar-refractivity contribution in [2.75, 3.05) is 0 Å². The number of benzene rings is 2. The van der Waals surface area contributed by atoms with Crippen LogP contribution in [-0.4, -0.2) is 8.42 Å². The first kappa shape index (κ1) is 16.7. The lowest BCUT2D eigenvalue weighted by molar-refractivity contribution is 0.483. The third-order valence-corrected chi connectivity index (χ3v) is 5.88. The van der Waals surface area contributed by atoms with Crippen LogP contribution in [-0.2, 0) is 10.1 Å². The van der Waals surface area contributed by atoms with Crippen molar-refractivity contribution in [1.29, 1.82) is 0 Å². The van der Waals surface area contributed by atoms with Crippen LogP contribution in [0.5, 0.6) is 5.75 Å². The van der Waals surface area contributed by atoms with Gasteiger partial charge in [-0.2, -0.15) is 8.42 Å². The quantitative estimate of drug-likeness (QED) is 0.653. The fourth-order valence-electron chi connectivity index (χ4n) is 2.41. The first-order valence-corrected chi connectivity index (χ1v) is 9.59. The summed E-state index contributed by atoms with van der Waals surface area (Å²) in [6, 6.07) is 9.58. The Hall–Kier alpha value is -2.12. The SMILES string of the molecule is Cc1c(OS(=O)(=O)c2ccccc2)cc(C(C)C)c2oc(=O)sc12. The Morgan fingerprint density at radius 2 is 1.83 bits per heavy atom. The van der Waals surface area contributed by atoms with Gasteiger partial charge in [-0.25, -0.2) is 4.79 Å². The molecule has 0 spiro atoms. The highest BCUT2D eigenvalue weighted by molar-refractivity contribution is 7.87. The van der Waals surface area contributed by atoms with Crippen LogP contribution in [0.4, 0.5) is 0 Å². The fourth-order valence-corrected chi connectivity index (χ4v) is 4.21. The Morgan fingerprint density at radius 3 is 2.46 bits per heavy atom. The molecule has 0 N–H and O–H groups in total. The smallest absolute Gasteiger partial charge is 0.396 e. The van der Waals surface area contributed by atoms with Gasteiger partial charge >= 0.3 is 15.1 Å². The molecular formula is C17H16O5S2. The van der Waals surface area contributed by atoms with E-state index >= 15 is 0 Å². The van der Waals surface area contributed by atoms with Gasteiger partial charge in [0.1, 0.15) is 10.6 Å². The molecule has 0 radical (unpaired) electrons. The zero-order valence-electron chi connectivity index (χ0n) is 13.4. The van der Waals surface area contributed by atoms with Gasteiger partial charge in [0.05, 0.1) is 4.70 Å². The molecule has 24 heavy (non-hydrogen) atoms. The topological polar surface area (TPSA) is 73.6 Å². The Bertz CT molecular complexity index is 1040. The van der Waals surface area contributed by atoms with Crippen molar-refractivity contribution in [3.8, 4) is 5.75 Å². The van der Waals surface area contributed by atoms with Gasteiger partial charge in [0.25, 0.3) is 0 Å². The maximum absolute atomic E-state index is 12.5. The van der Waals surface area contributed by atoms with Gasteiger partial charge in [-0.3, -0.25) is 0 Å². The molecule has 0 amide bonds. The zero-order chi connectivity index (χ0) is 17.5. The van der Waals surface area contributed by atoms with Crippen LogP contribution in [0.15, 0.2) is 50.5 Å². The molecule has 1 heterocycles. The molecule has 0 atom stereocenters. The average molecular weight is 364 g/mol. The predicted octanol–water partition coefficient (Wildman–Crippen LogP) is 4.05. The van der Waals surface area contributed by atoms with E-state index in [0.717, 1.165) is 16.9 Å². The lowest BCUT2D eigenvalue weighted by atomic mass is 10.0. The molecule has 0 aliphatic carbocycles. The standard InChI is InChI=1S/C17H16O5S2/c1-10(2)13-9-14(11(3)16-15(13)21-17(18)23-16)22-24(19,20)12-7-5-4-6-8-12/h4-10H,1-3H3. The van der Waals surface area contributed by atoms with Crippen LogP contribution in [0.25, 0.3) is 10.3 Å². The molecule has 0 aliphatic heterocycles. The second-order valence-corrected chi connectivity index (χ2v) is 8.20. The summed E-state index contributed by atoms with van der Waals surface area (Å²) in [5.74, 6) is 0.264. The van der Waals surface area contributed by atoms with E-state index in [-0.39, 0.29) is 16.6 Å². The molecular weight excluding hydrogens is 348 g/mol. The number of hydrogen-bond acceptors (Lipinski definition) is 6. The molecule has 0 aliphatic rings. The molecule has 3 aromatic rings. The van der Waals surface area contributed by atoms with E-state index in [0.29, 0.717) is 15.8 Å². The molecule has 0 unspecified atom stereocenters. The average Bonchev–Trinajstić information content (AvgIpc) is 2.92. The van der Waals surface area contributed by atoms with Crippen LogP contribution in [0.3, 0.4) is 0 Å².